The number of Topliss-reactive ketones (excluding diaryl/α,β-unsaturated/α-hetero) is 1. The van der Waals surface area contributed by atoms with E-state index in [1.54, 1.807) is 12.1 Å². The van der Waals surface area contributed by atoms with Gasteiger partial charge in [0.1, 0.15) is 11.6 Å². The molecule has 1 heterocycles. The van der Waals surface area contributed by atoms with Crippen molar-refractivity contribution in [3.63, 3.8) is 0 Å². The number of thiol groups is 1. The third kappa shape index (κ3) is 2.91. The Labute approximate surface area is 124 Å². The lowest BCUT2D eigenvalue weighted by Crippen LogP contribution is -2.45. The van der Waals surface area contributed by atoms with Gasteiger partial charge >= 0.3 is 0 Å². The highest BCUT2D eigenvalue weighted by molar-refractivity contribution is 7.80. The maximum Gasteiger partial charge on any atom is 0.145 e. The Kier molecular flexibility index (Phi) is 4.13. The van der Waals surface area contributed by atoms with Crippen molar-refractivity contribution in [2.24, 2.45) is 5.92 Å². The van der Waals surface area contributed by atoms with Gasteiger partial charge in [-0.2, -0.15) is 12.6 Å². The van der Waals surface area contributed by atoms with E-state index in [-0.39, 0.29) is 29.5 Å². The van der Waals surface area contributed by atoms with Gasteiger partial charge in [0, 0.05) is 17.2 Å². The Hall–Kier alpha value is -0.870. The third-order valence-corrected chi connectivity index (χ3v) is 4.81. The number of carbonyl (C=O) groups is 1. The zero-order valence-corrected chi connectivity index (χ0v) is 12.3. The first kappa shape index (κ1) is 14.1. The smallest absolute Gasteiger partial charge is 0.145 e. The highest BCUT2D eigenvalue weighted by atomic mass is 32.1. The van der Waals surface area contributed by atoms with E-state index in [0.717, 1.165) is 32.2 Å². The van der Waals surface area contributed by atoms with Crippen molar-refractivity contribution >= 4 is 18.4 Å². The van der Waals surface area contributed by atoms with Crippen LogP contribution in [0.2, 0.25) is 0 Å². The number of piperidine rings is 1. The van der Waals surface area contributed by atoms with Crippen LogP contribution < -0.4 is 5.32 Å². The molecule has 0 amide bonds. The van der Waals surface area contributed by atoms with Crippen LogP contribution in [-0.2, 0) is 4.79 Å². The van der Waals surface area contributed by atoms with Crippen LogP contribution in [0.5, 0.6) is 0 Å². The molecule has 3 unspecified atom stereocenters. The number of hydrogen-bond donors (Lipinski definition) is 2. The van der Waals surface area contributed by atoms with Crippen molar-refractivity contribution in [1.29, 1.82) is 0 Å². The minimum Gasteiger partial charge on any atom is -0.313 e. The van der Waals surface area contributed by atoms with Gasteiger partial charge < -0.3 is 5.32 Å². The van der Waals surface area contributed by atoms with Gasteiger partial charge in [0.15, 0.2) is 0 Å². The molecule has 4 heteroatoms. The summed E-state index contributed by atoms with van der Waals surface area (Å²) in [5.41, 5.74) is 0.546. The standard InChI is InChI=1S/C16H20FNOS/c17-13-4-2-1-3-12(13)15(16(19)10-5-6-10)14-9-11(20)7-8-18-14/h1-4,10-11,14-15,18,20H,5-9H2. The molecular formula is C16H20FNOS. The predicted octanol–water partition coefficient (Wildman–Crippen LogP) is 2.94. The second-order valence-electron chi connectivity index (χ2n) is 5.91. The van der Waals surface area contributed by atoms with E-state index in [1.165, 1.54) is 6.07 Å². The maximum absolute atomic E-state index is 14.1. The lowest BCUT2D eigenvalue weighted by molar-refractivity contribution is -0.122. The number of carbonyl (C=O) groups excluding carboxylic acids is 1. The van der Waals surface area contributed by atoms with Crippen LogP contribution in [0.15, 0.2) is 24.3 Å². The predicted molar refractivity (Wildman–Crippen MR) is 80.7 cm³/mol. The van der Waals surface area contributed by atoms with Gasteiger partial charge in [-0.1, -0.05) is 18.2 Å². The molecule has 1 aliphatic heterocycles. The molecule has 3 rings (SSSR count). The molecule has 3 atom stereocenters. The summed E-state index contributed by atoms with van der Waals surface area (Å²) in [5, 5.41) is 3.70. The van der Waals surface area contributed by atoms with Crippen LogP contribution in [0, 0.1) is 11.7 Å². The van der Waals surface area contributed by atoms with Crippen molar-refractivity contribution in [1.82, 2.24) is 5.32 Å². The normalized spacial score (nSPS) is 28.1. The molecule has 0 bridgehead atoms. The van der Waals surface area contributed by atoms with Crippen LogP contribution in [0.4, 0.5) is 4.39 Å². The fraction of sp³-hybridized carbons (Fsp3) is 0.562. The first-order chi connectivity index (χ1) is 9.66. The van der Waals surface area contributed by atoms with Crippen LogP contribution in [0.3, 0.4) is 0 Å². The Bertz CT molecular complexity index is 503. The SMILES string of the molecule is O=C(C1CC1)C(c1ccccc1F)C1CC(S)CCN1. The van der Waals surface area contributed by atoms with Gasteiger partial charge in [-0.15, -0.1) is 0 Å². The molecule has 0 spiro atoms. The summed E-state index contributed by atoms with van der Waals surface area (Å²) >= 11 is 4.54. The van der Waals surface area contributed by atoms with Gasteiger partial charge in [0.05, 0.1) is 5.92 Å². The number of benzene rings is 1. The zero-order valence-electron chi connectivity index (χ0n) is 11.4. The van der Waals surface area contributed by atoms with E-state index >= 15 is 0 Å². The largest absolute Gasteiger partial charge is 0.313 e. The minimum atomic E-state index is -0.362. The Morgan fingerprint density at radius 2 is 2.05 bits per heavy atom. The number of hydrogen-bond acceptors (Lipinski definition) is 3. The van der Waals surface area contributed by atoms with E-state index in [9.17, 15) is 9.18 Å². The van der Waals surface area contributed by atoms with E-state index < -0.39 is 0 Å². The van der Waals surface area contributed by atoms with E-state index in [2.05, 4.69) is 17.9 Å². The maximum atomic E-state index is 14.1. The average Bonchev–Trinajstić information content (AvgIpc) is 3.26. The second-order valence-corrected chi connectivity index (χ2v) is 6.64. The minimum absolute atomic E-state index is 0.0104. The molecule has 0 aromatic heterocycles. The summed E-state index contributed by atoms with van der Waals surface area (Å²) in [5.74, 6) is -0.287. The molecule has 0 radical (unpaired) electrons. The van der Waals surface area contributed by atoms with Crippen molar-refractivity contribution in [3.8, 4) is 0 Å². The number of ketones is 1. The number of halogens is 1. The Morgan fingerprint density at radius 3 is 2.70 bits per heavy atom. The summed E-state index contributed by atoms with van der Waals surface area (Å²) < 4.78 is 14.1. The molecule has 2 nitrogen and oxygen atoms in total. The summed E-state index contributed by atoms with van der Waals surface area (Å²) in [4.78, 5) is 12.6. The summed E-state index contributed by atoms with van der Waals surface area (Å²) in [6.45, 7) is 0.849. The third-order valence-electron chi connectivity index (χ3n) is 4.34. The van der Waals surface area contributed by atoms with E-state index in [1.807, 2.05) is 6.07 Å². The summed E-state index contributed by atoms with van der Waals surface area (Å²) in [7, 11) is 0. The van der Waals surface area contributed by atoms with Crippen LogP contribution >= 0.6 is 12.6 Å². The molecule has 1 aromatic rings. The van der Waals surface area contributed by atoms with Gasteiger partial charge in [0.2, 0.25) is 0 Å². The van der Waals surface area contributed by atoms with Crippen molar-refractivity contribution < 1.29 is 9.18 Å². The van der Waals surface area contributed by atoms with Crippen LogP contribution in [0.1, 0.15) is 37.2 Å². The number of nitrogens with one attached hydrogen (secondary N) is 1. The molecule has 2 aliphatic rings. The first-order valence-corrected chi connectivity index (χ1v) is 7.88. The van der Waals surface area contributed by atoms with E-state index in [4.69, 9.17) is 0 Å². The quantitative estimate of drug-likeness (QED) is 0.836. The lowest BCUT2D eigenvalue weighted by atomic mass is 9.81. The molecule has 1 saturated heterocycles. The van der Waals surface area contributed by atoms with Gasteiger partial charge in [0.25, 0.3) is 0 Å². The van der Waals surface area contributed by atoms with Crippen LogP contribution in [0.25, 0.3) is 0 Å². The number of rotatable bonds is 4. The molecular weight excluding hydrogens is 273 g/mol. The lowest BCUT2D eigenvalue weighted by Gasteiger charge is -2.33. The van der Waals surface area contributed by atoms with Crippen molar-refractivity contribution in [2.75, 3.05) is 6.54 Å². The summed E-state index contributed by atoms with van der Waals surface area (Å²) in [6, 6.07) is 6.70. The average molecular weight is 293 g/mol. The molecule has 1 saturated carbocycles. The van der Waals surface area contributed by atoms with Gasteiger partial charge in [-0.05, 0) is 43.9 Å². The topological polar surface area (TPSA) is 29.1 Å². The van der Waals surface area contributed by atoms with Gasteiger partial charge in [-0.3, -0.25) is 4.79 Å². The zero-order chi connectivity index (χ0) is 14.1. The van der Waals surface area contributed by atoms with E-state index in [0.29, 0.717) is 10.8 Å². The molecule has 1 aromatic carbocycles. The Balaban J connectivity index is 1.91. The monoisotopic (exact) mass is 293 g/mol. The molecule has 20 heavy (non-hydrogen) atoms. The van der Waals surface area contributed by atoms with Crippen molar-refractivity contribution in [3.05, 3.63) is 35.6 Å². The van der Waals surface area contributed by atoms with Crippen molar-refractivity contribution in [2.45, 2.75) is 42.9 Å². The highest BCUT2D eigenvalue weighted by Gasteiger charge is 2.41. The van der Waals surface area contributed by atoms with Crippen LogP contribution in [-0.4, -0.2) is 23.6 Å². The fourth-order valence-electron chi connectivity index (χ4n) is 3.10. The van der Waals surface area contributed by atoms with Gasteiger partial charge in [-0.25, -0.2) is 4.39 Å². The molecule has 1 aliphatic carbocycles. The fourth-order valence-corrected chi connectivity index (χ4v) is 3.46. The first-order valence-electron chi connectivity index (χ1n) is 7.36. The summed E-state index contributed by atoms with van der Waals surface area (Å²) in [6.07, 6.45) is 3.74. The molecule has 1 N–H and O–H groups in total. The Morgan fingerprint density at radius 1 is 1.30 bits per heavy atom. The second kappa shape index (κ2) is 5.86. The molecule has 108 valence electrons. The highest BCUT2D eigenvalue weighted by Crippen LogP contribution is 2.39. The molecule has 2 fully saturated rings.